The lowest BCUT2D eigenvalue weighted by molar-refractivity contribution is -0.384. The standard InChI is InChI=1S/C16H16N2O3/c1-11-8-14(18(19)20)3-4-15(11)17-10-12-2-5-16-13(9-12)6-7-21-16/h2-5,8-9,17H,6-7,10H2,1H3. The van der Waals surface area contributed by atoms with Crippen LogP contribution in [0.5, 0.6) is 5.75 Å². The van der Waals surface area contributed by atoms with Crippen LogP contribution in [0.3, 0.4) is 0 Å². The van der Waals surface area contributed by atoms with Gasteiger partial charge < -0.3 is 10.1 Å². The summed E-state index contributed by atoms with van der Waals surface area (Å²) in [6.45, 7) is 3.31. The van der Waals surface area contributed by atoms with Gasteiger partial charge in [0.05, 0.1) is 11.5 Å². The molecule has 21 heavy (non-hydrogen) atoms. The second-order valence-electron chi connectivity index (χ2n) is 5.15. The molecular formula is C16H16N2O3. The predicted molar refractivity (Wildman–Crippen MR) is 80.8 cm³/mol. The van der Waals surface area contributed by atoms with Crippen LogP contribution in [-0.2, 0) is 13.0 Å². The van der Waals surface area contributed by atoms with Gasteiger partial charge in [-0.2, -0.15) is 0 Å². The summed E-state index contributed by atoms with van der Waals surface area (Å²) in [5.41, 5.74) is 4.32. The highest BCUT2D eigenvalue weighted by atomic mass is 16.6. The van der Waals surface area contributed by atoms with Gasteiger partial charge in [0, 0.05) is 30.8 Å². The number of nitrogens with zero attached hydrogens (tertiary/aromatic N) is 1. The highest BCUT2D eigenvalue weighted by Crippen LogP contribution is 2.27. The van der Waals surface area contributed by atoms with E-state index in [1.807, 2.05) is 19.1 Å². The number of anilines is 1. The number of hydrogen-bond donors (Lipinski definition) is 1. The molecule has 0 saturated carbocycles. The number of benzene rings is 2. The first-order valence-electron chi connectivity index (χ1n) is 6.87. The number of ether oxygens (including phenoxy) is 1. The molecule has 0 aromatic heterocycles. The fourth-order valence-electron chi connectivity index (χ4n) is 2.51. The van der Waals surface area contributed by atoms with E-state index in [1.54, 1.807) is 12.1 Å². The number of nitrogens with one attached hydrogen (secondary N) is 1. The van der Waals surface area contributed by atoms with Crippen molar-refractivity contribution in [3.8, 4) is 5.75 Å². The van der Waals surface area contributed by atoms with E-state index in [4.69, 9.17) is 4.74 Å². The van der Waals surface area contributed by atoms with Gasteiger partial charge in [-0.3, -0.25) is 10.1 Å². The molecular weight excluding hydrogens is 268 g/mol. The minimum atomic E-state index is -0.378. The maximum Gasteiger partial charge on any atom is 0.269 e. The van der Waals surface area contributed by atoms with Crippen molar-refractivity contribution < 1.29 is 9.66 Å². The first-order chi connectivity index (χ1) is 10.1. The first kappa shape index (κ1) is 13.4. The Labute approximate surface area is 122 Å². The Balaban J connectivity index is 1.71. The Hall–Kier alpha value is -2.56. The molecule has 0 aliphatic carbocycles. The van der Waals surface area contributed by atoms with Gasteiger partial charge in [0.2, 0.25) is 0 Å². The molecule has 0 spiro atoms. The quantitative estimate of drug-likeness (QED) is 0.690. The van der Waals surface area contributed by atoms with Crippen molar-refractivity contribution in [1.29, 1.82) is 0 Å². The lowest BCUT2D eigenvalue weighted by atomic mass is 10.1. The van der Waals surface area contributed by atoms with Gasteiger partial charge in [0.15, 0.2) is 0 Å². The number of nitro benzene ring substituents is 1. The van der Waals surface area contributed by atoms with E-state index in [1.165, 1.54) is 17.2 Å². The zero-order valence-electron chi connectivity index (χ0n) is 11.8. The first-order valence-corrected chi connectivity index (χ1v) is 6.87. The minimum absolute atomic E-state index is 0.118. The molecule has 0 amide bonds. The zero-order chi connectivity index (χ0) is 14.8. The summed E-state index contributed by atoms with van der Waals surface area (Å²) < 4.78 is 5.49. The van der Waals surface area contributed by atoms with E-state index in [-0.39, 0.29) is 10.6 Å². The Kier molecular flexibility index (Phi) is 3.48. The highest BCUT2D eigenvalue weighted by molar-refractivity contribution is 5.55. The monoisotopic (exact) mass is 284 g/mol. The van der Waals surface area contributed by atoms with E-state index in [0.717, 1.165) is 30.0 Å². The van der Waals surface area contributed by atoms with Gasteiger partial charge in [-0.25, -0.2) is 0 Å². The molecule has 1 aliphatic heterocycles. The van der Waals surface area contributed by atoms with E-state index in [9.17, 15) is 10.1 Å². The van der Waals surface area contributed by atoms with E-state index >= 15 is 0 Å². The molecule has 0 saturated heterocycles. The maximum absolute atomic E-state index is 10.7. The minimum Gasteiger partial charge on any atom is -0.493 e. The topological polar surface area (TPSA) is 64.4 Å². The number of hydrogen-bond acceptors (Lipinski definition) is 4. The smallest absolute Gasteiger partial charge is 0.269 e. The highest BCUT2D eigenvalue weighted by Gasteiger charge is 2.12. The molecule has 5 heteroatoms. The molecule has 5 nitrogen and oxygen atoms in total. The molecule has 0 fully saturated rings. The molecule has 0 atom stereocenters. The molecule has 0 unspecified atom stereocenters. The van der Waals surface area contributed by atoms with Crippen molar-refractivity contribution >= 4 is 11.4 Å². The third-order valence-electron chi connectivity index (χ3n) is 3.66. The van der Waals surface area contributed by atoms with Crippen LogP contribution < -0.4 is 10.1 Å². The normalized spacial score (nSPS) is 12.6. The van der Waals surface area contributed by atoms with Gasteiger partial charge in [-0.1, -0.05) is 12.1 Å². The maximum atomic E-state index is 10.7. The van der Waals surface area contributed by atoms with Crippen molar-refractivity contribution in [3.63, 3.8) is 0 Å². The van der Waals surface area contributed by atoms with Crippen LogP contribution in [0.4, 0.5) is 11.4 Å². The van der Waals surface area contributed by atoms with E-state index in [2.05, 4.69) is 11.4 Å². The SMILES string of the molecule is Cc1cc([N+](=O)[O-])ccc1NCc1ccc2c(c1)CCO2. The Morgan fingerprint density at radius 2 is 2.14 bits per heavy atom. The van der Waals surface area contributed by atoms with Crippen molar-refractivity contribution in [2.24, 2.45) is 0 Å². The van der Waals surface area contributed by atoms with Crippen LogP contribution in [0.1, 0.15) is 16.7 Å². The van der Waals surface area contributed by atoms with Crippen molar-refractivity contribution in [2.45, 2.75) is 19.9 Å². The molecule has 0 bridgehead atoms. The molecule has 108 valence electrons. The zero-order valence-corrected chi connectivity index (χ0v) is 11.8. The van der Waals surface area contributed by atoms with Crippen molar-refractivity contribution in [1.82, 2.24) is 0 Å². The molecule has 3 rings (SSSR count). The summed E-state index contributed by atoms with van der Waals surface area (Å²) in [6.07, 6.45) is 0.958. The Morgan fingerprint density at radius 1 is 1.29 bits per heavy atom. The number of rotatable bonds is 4. The average molecular weight is 284 g/mol. The van der Waals surface area contributed by atoms with Gasteiger partial charge in [0.25, 0.3) is 5.69 Å². The second kappa shape index (κ2) is 5.44. The van der Waals surface area contributed by atoms with Crippen LogP contribution in [-0.4, -0.2) is 11.5 Å². The largest absolute Gasteiger partial charge is 0.493 e. The van der Waals surface area contributed by atoms with Crippen LogP contribution in [0.15, 0.2) is 36.4 Å². The summed E-state index contributed by atoms with van der Waals surface area (Å²) >= 11 is 0. The van der Waals surface area contributed by atoms with Gasteiger partial charge in [-0.15, -0.1) is 0 Å². The third-order valence-corrected chi connectivity index (χ3v) is 3.66. The number of aryl methyl sites for hydroxylation is 1. The molecule has 1 aliphatic rings. The Morgan fingerprint density at radius 3 is 2.90 bits per heavy atom. The van der Waals surface area contributed by atoms with Crippen LogP contribution >= 0.6 is 0 Å². The summed E-state index contributed by atoms with van der Waals surface area (Å²) in [7, 11) is 0. The predicted octanol–water partition coefficient (Wildman–Crippen LogP) is 3.45. The number of fused-ring (bicyclic) bond motifs is 1. The van der Waals surface area contributed by atoms with E-state index < -0.39 is 0 Å². The van der Waals surface area contributed by atoms with E-state index in [0.29, 0.717) is 6.54 Å². The summed E-state index contributed by atoms with van der Waals surface area (Å²) in [5.74, 6) is 0.977. The molecule has 1 heterocycles. The number of non-ortho nitro benzene ring substituents is 1. The average Bonchev–Trinajstić information content (AvgIpc) is 2.93. The summed E-state index contributed by atoms with van der Waals surface area (Å²) in [6, 6.07) is 11.0. The van der Waals surface area contributed by atoms with Gasteiger partial charge >= 0.3 is 0 Å². The van der Waals surface area contributed by atoms with Gasteiger partial charge in [0.1, 0.15) is 5.75 Å². The van der Waals surface area contributed by atoms with Crippen molar-refractivity contribution in [3.05, 3.63) is 63.2 Å². The lowest BCUT2D eigenvalue weighted by Gasteiger charge is -2.10. The summed E-state index contributed by atoms with van der Waals surface area (Å²) in [5, 5.41) is 14.0. The third kappa shape index (κ3) is 2.81. The van der Waals surface area contributed by atoms with Crippen LogP contribution in [0, 0.1) is 17.0 Å². The molecule has 1 N–H and O–H groups in total. The number of nitro groups is 1. The summed E-state index contributed by atoms with van der Waals surface area (Å²) in [4.78, 5) is 10.3. The second-order valence-corrected chi connectivity index (χ2v) is 5.15. The Bertz CT molecular complexity index is 698. The molecule has 0 radical (unpaired) electrons. The van der Waals surface area contributed by atoms with Crippen LogP contribution in [0.2, 0.25) is 0 Å². The molecule has 2 aromatic carbocycles. The fourth-order valence-corrected chi connectivity index (χ4v) is 2.51. The fraction of sp³-hybridized carbons (Fsp3) is 0.250. The van der Waals surface area contributed by atoms with Crippen LogP contribution in [0.25, 0.3) is 0 Å². The lowest BCUT2D eigenvalue weighted by Crippen LogP contribution is -2.02. The van der Waals surface area contributed by atoms with Gasteiger partial charge in [-0.05, 0) is 35.7 Å². The molecule has 2 aromatic rings. The van der Waals surface area contributed by atoms with Crippen molar-refractivity contribution in [2.75, 3.05) is 11.9 Å².